The maximum atomic E-state index is 5.91. The van der Waals surface area contributed by atoms with E-state index in [2.05, 4.69) is 24.8 Å². The average molecular weight is 348 g/mol. The van der Waals surface area contributed by atoms with Crippen LogP contribution in [-0.2, 0) is 24.9 Å². The van der Waals surface area contributed by atoms with E-state index >= 15 is 0 Å². The Labute approximate surface area is 146 Å². The highest BCUT2D eigenvalue weighted by Crippen LogP contribution is 2.35. The van der Waals surface area contributed by atoms with Crippen LogP contribution in [0.2, 0.25) is 0 Å². The van der Waals surface area contributed by atoms with Gasteiger partial charge in [0.15, 0.2) is 11.0 Å². The Bertz CT molecular complexity index is 698. The zero-order valence-electron chi connectivity index (χ0n) is 14.3. The highest BCUT2D eigenvalue weighted by Gasteiger charge is 2.29. The number of imidazole rings is 1. The molecule has 1 fully saturated rings. The lowest BCUT2D eigenvalue weighted by Crippen LogP contribution is -2.35. The normalized spacial score (nSPS) is 20.0. The molecule has 0 saturated heterocycles. The lowest BCUT2D eigenvalue weighted by Gasteiger charge is -2.32. The smallest absolute Gasteiger partial charge is 0.167 e. The molecule has 2 aromatic heterocycles. The Morgan fingerprint density at radius 2 is 2.21 bits per heavy atom. The Balaban J connectivity index is 1.74. The van der Waals surface area contributed by atoms with Gasteiger partial charge in [-0.3, -0.25) is 0 Å². The lowest BCUT2D eigenvalue weighted by atomic mass is 9.78. The summed E-state index contributed by atoms with van der Waals surface area (Å²) in [6.45, 7) is 1.07. The molecule has 0 aliphatic heterocycles. The van der Waals surface area contributed by atoms with Gasteiger partial charge in [-0.15, -0.1) is 0 Å². The predicted molar refractivity (Wildman–Crippen MR) is 95.0 cm³/mol. The van der Waals surface area contributed by atoms with Crippen LogP contribution < -0.4 is 11.1 Å². The van der Waals surface area contributed by atoms with Crippen LogP contribution >= 0.6 is 11.8 Å². The Morgan fingerprint density at radius 1 is 1.42 bits per heavy atom. The molecule has 3 N–H and O–H groups in total. The third-order valence-electron chi connectivity index (χ3n) is 4.33. The van der Waals surface area contributed by atoms with Crippen LogP contribution in [0.5, 0.6) is 0 Å². The number of ether oxygens (including phenoxy) is 1. The highest BCUT2D eigenvalue weighted by molar-refractivity contribution is 7.98. The summed E-state index contributed by atoms with van der Waals surface area (Å²) in [4.78, 5) is 13.5. The first-order valence-corrected chi connectivity index (χ1v) is 9.24. The molecule has 3 rings (SSSR count). The minimum atomic E-state index is 0.298. The number of thioether (sulfide) groups is 1. The summed E-state index contributed by atoms with van der Waals surface area (Å²) in [5.74, 6) is 1.95. The van der Waals surface area contributed by atoms with E-state index < -0.39 is 0 Å². The largest absolute Gasteiger partial charge is 0.377 e. The van der Waals surface area contributed by atoms with Crippen LogP contribution in [0.4, 0.5) is 5.82 Å². The molecule has 0 bridgehead atoms. The number of aromatic nitrogens is 4. The number of nitrogens with one attached hydrogen (secondary N) is 1. The molecule has 7 nitrogen and oxygen atoms in total. The summed E-state index contributed by atoms with van der Waals surface area (Å²) in [6, 6.07) is 2.33. The standard InChI is InChI=1S/C16H24N6OS/c1-22-12(8-19-16(22)24-3)7-18-14-6-13(10-4-11(17)5-10)20-15(21-14)9-23-2/h6,8,10-11H,4-5,7,9,17H2,1-3H3,(H,18,20,21). The topological polar surface area (TPSA) is 90.9 Å². The van der Waals surface area contributed by atoms with E-state index in [1.165, 1.54) is 0 Å². The second kappa shape index (κ2) is 7.50. The van der Waals surface area contributed by atoms with Gasteiger partial charge in [-0.2, -0.15) is 0 Å². The third-order valence-corrected chi connectivity index (χ3v) is 5.08. The first kappa shape index (κ1) is 17.2. The van der Waals surface area contributed by atoms with E-state index in [4.69, 9.17) is 10.5 Å². The minimum absolute atomic E-state index is 0.298. The molecule has 1 aliphatic carbocycles. The molecule has 1 saturated carbocycles. The number of methoxy groups -OCH3 is 1. The van der Waals surface area contributed by atoms with Crippen LogP contribution in [0.3, 0.4) is 0 Å². The average Bonchev–Trinajstić information content (AvgIpc) is 2.90. The van der Waals surface area contributed by atoms with Gasteiger partial charge in [0.1, 0.15) is 12.4 Å². The summed E-state index contributed by atoms with van der Waals surface area (Å²) < 4.78 is 7.28. The number of hydrogen-bond donors (Lipinski definition) is 2. The summed E-state index contributed by atoms with van der Waals surface area (Å²) in [6.07, 6.45) is 5.89. The summed E-state index contributed by atoms with van der Waals surface area (Å²) in [5, 5.41) is 4.38. The molecule has 1 aliphatic rings. The van der Waals surface area contributed by atoms with Crippen molar-refractivity contribution in [2.75, 3.05) is 18.7 Å². The quantitative estimate of drug-likeness (QED) is 0.738. The van der Waals surface area contributed by atoms with Crippen molar-refractivity contribution in [3.8, 4) is 0 Å². The molecule has 8 heteroatoms. The van der Waals surface area contributed by atoms with Gasteiger partial charge in [-0.1, -0.05) is 11.8 Å². The van der Waals surface area contributed by atoms with Gasteiger partial charge in [0, 0.05) is 37.9 Å². The van der Waals surface area contributed by atoms with Gasteiger partial charge in [-0.05, 0) is 19.1 Å². The molecule has 2 aromatic rings. The van der Waals surface area contributed by atoms with E-state index in [0.717, 1.165) is 35.2 Å². The Kier molecular flexibility index (Phi) is 5.37. The fourth-order valence-electron chi connectivity index (χ4n) is 2.88. The third kappa shape index (κ3) is 3.71. The van der Waals surface area contributed by atoms with Crippen molar-refractivity contribution in [3.05, 3.63) is 29.5 Å². The zero-order chi connectivity index (χ0) is 17.1. The number of hydrogen-bond acceptors (Lipinski definition) is 7. The van der Waals surface area contributed by atoms with Crippen molar-refractivity contribution in [3.63, 3.8) is 0 Å². The number of anilines is 1. The molecule has 0 radical (unpaired) electrons. The van der Waals surface area contributed by atoms with Crippen molar-refractivity contribution in [2.45, 2.75) is 43.1 Å². The molecule has 0 amide bonds. The van der Waals surface area contributed by atoms with Crippen LogP contribution in [-0.4, -0.2) is 38.9 Å². The highest BCUT2D eigenvalue weighted by atomic mass is 32.2. The summed E-state index contributed by atoms with van der Waals surface area (Å²) in [5.41, 5.74) is 8.07. The van der Waals surface area contributed by atoms with Gasteiger partial charge in [0.05, 0.1) is 18.4 Å². The van der Waals surface area contributed by atoms with Crippen LogP contribution in [0.15, 0.2) is 17.4 Å². The number of nitrogens with two attached hydrogens (primary N) is 1. The van der Waals surface area contributed by atoms with Crippen LogP contribution in [0.1, 0.15) is 36.0 Å². The van der Waals surface area contributed by atoms with Gasteiger partial charge in [-0.25, -0.2) is 15.0 Å². The predicted octanol–water partition coefficient (Wildman–Crippen LogP) is 1.90. The van der Waals surface area contributed by atoms with E-state index in [9.17, 15) is 0 Å². The molecule has 2 heterocycles. The van der Waals surface area contributed by atoms with E-state index in [0.29, 0.717) is 30.9 Å². The molecular weight excluding hydrogens is 324 g/mol. The van der Waals surface area contributed by atoms with Gasteiger partial charge in [0.2, 0.25) is 0 Å². The van der Waals surface area contributed by atoms with Crippen molar-refractivity contribution in [2.24, 2.45) is 12.8 Å². The van der Waals surface area contributed by atoms with Crippen molar-refractivity contribution in [1.29, 1.82) is 0 Å². The molecule has 0 unspecified atom stereocenters. The molecular formula is C16H24N6OS. The van der Waals surface area contributed by atoms with Gasteiger partial charge < -0.3 is 20.4 Å². The molecule has 0 aromatic carbocycles. The van der Waals surface area contributed by atoms with Crippen molar-refractivity contribution < 1.29 is 4.74 Å². The second-order valence-corrected chi connectivity index (χ2v) is 6.88. The monoisotopic (exact) mass is 348 g/mol. The SMILES string of the molecule is COCc1nc(NCc2cnc(SC)n2C)cc(C2CC(N)C2)n1. The first-order chi connectivity index (χ1) is 11.6. The molecule has 0 spiro atoms. The second-order valence-electron chi connectivity index (χ2n) is 6.10. The van der Waals surface area contributed by atoms with E-state index in [-0.39, 0.29) is 0 Å². The lowest BCUT2D eigenvalue weighted by molar-refractivity contribution is 0.177. The Hall–Kier alpha value is -1.64. The van der Waals surface area contributed by atoms with Crippen molar-refractivity contribution >= 4 is 17.6 Å². The Morgan fingerprint density at radius 3 is 2.83 bits per heavy atom. The van der Waals surface area contributed by atoms with E-state index in [1.54, 1.807) is 18.9 Å². The maximum Gasteiger partial charge on any atom is 0.167 e. The molecule has 24 heavy (non-hydrogen) atoms. The first-order valence-electron chi connectivity index (χ1n) is 8.01. The summed E-state index contributed by atoms with van der Waals surface area (Å²) in [7, 11) is 3.68. The number of rotatable bonds is 7. The molecule has 130 valence electrons. The van der Waals surface area contributed by atoms with E-state index in [1.807, 2.05) is 25.6 Å². The number of nitrogens with zero attached hydrogens (tertiary/aromatic N) is 4. The molecule has 0 atom stereocenters. The summed E-state index contributed by atoms with van der Waals surface area (Å²) >= 11 is 1.63. The fraction of sp³-hybridized carbons (Fsp3) is 0.562. The minimum Gasteiger partial charge on any atom is -0.377 e. The van der Waals surface area contributed by atoms with Crippen LogP contribution in [0, 0.1) is 0 Å². The van der Waals surface area contributed by atoms with Gasteiger partial charge in [0.25, 0.3) is 0 Å². The van der Waals surface area contributed by atoms with Gasteiger partial charge >= 0.3 is 0 Å². The van der Waals surface area contributed by atoms with Crippen molar-refractivity contribution in [1.82, 2.24) is 19.5 Å². The zero-order valence-corrected chi connectivity index (χ0v) is 15.1. The van der Waals surface area contributed by atoms with Crippen LogP contribution in [0.25, 0.3) is 0 Å². The fourth-order valence-corrected chi connectivity index (χ4v) is 3.42. The maximum absolute atomic E-state index is 5.91.